The third-order valence-corrected chi connectivity index (χ3v) is 3.53. The van der Waals surface area contributed by atoms with E-state index >= 15 is 0 Å². The molecule has 0 saturated carbocycles. The first-order valence-electron chi connectivity index (χ1n) is 4.49. The number of nitrogens with two attached hydrogens (primary N) is 1. The molecule has 0 aliphatic rings. The summed E-state index contributed by atoms with van der Waals surface area (Å²) in [5.41, 5.74) is 8.99. The minimum absolute atomic E-state index is 0.191. The minimum Gasteiger partial charge on any atom is -0.327 e. The van der Waals surface area contributed by atoms with Gasteiger partial charge in [-0.25, -0.2) is 4.98 Å². The maximum atomic E-state index is 6.03. The number of nitrogens with zero attached hydrogens (tertiary/aromatic N) is 1. The van der Waals surface area contributed by atoms with Crippen molar-refractivity contribution in [1.82, 2.24) is 4.98 Å². The highest BCUT2D eigenvalue weighted by Crippen LogP contribution is 2.12. The Balaban J connectivity index is 1.88. The largest absolute Gasteiger partial charge is 0.327 e. The molecule has 0 spiro atoms. The number of hydrogen-bond acceptors (Lipinski definition) is 4. The molecular formula is C10H12N2S2. The molecule has 4 heteroatoms. The average Bonchev–Trinajstić information content (AvgIpc) is 2.76. The van der Waals surface area contributed by atoms with Crippen molar-refractivity contribution in [3.8, 4) is 0 Å². The van der Waals surface area contributed by atoms with E-state index in [4.69, 9.17) is 5.73 Å². The molecule has 2 aromatic heterocycles. The fourth-order valence-electron chi connectivity index (χ4n) is 1.37. The van der Waals surface area contributed by atoms with Gasteiger partial charge in [0.1, 0.15) is 0 Å². The van der Waals surface area contributed by atoms with Crippen molar-refractivity contribution in [2.75, 3.05) is 0 Å². The van der Waals surface area contributed by atoms with Gasteiger partial charge in [0.15, 0.2) is 0 Å². The van der Waals surface area contributed by atoms with E-state index in [9.17, 15) is 0 Å². The van der Waals surface area contributed by atoms with Crippen molar-refractivity contribution >= 4 is 22.7 Å². The second kappa shape index (κ2) is 4.68. The topological polar surface area (TPSA) is 38.9 Å². The Hall–Kier alpha value is -0.710. The van der Waals surface area contributed by atoms with Gasteiger partial charge in [-0.05, 0) is 17.9 Å². The number of thiazole rings is 1. The van der Waals surface area contributed by atoms with Gasteiger partial charge in [-0.1, -0.05) is 6.07 Å². The number of hydrogen-bond donors (Lipinski definition) is 1. The summed E-state index contributed by atoms with van der Waals surface area (Å²) in [6.45, 7) is 0. The lowest BCUT2D eigenvalue weighted by Crippen LogP contribution is -2.25. The second-order valence-electron chi connectivity index (χ2n) is 3.23. The molecule has 0 aromatic carbocycles. The van der Waals surface area contributed by atoms with E-state index in [-0.39, 0.29) is 6.04 Å². The molecule has 14 heavy (non-hydrogen) atoms. The Bertz CT molecular complexity index is 317. The molecule has 0 radical (unpaired) electrons. The van der Waals surface area contributed by atoms with Crippen molar-refractivity contribution in [2.45, 2.75) is 18.9 Å². The summed E-state index contributed by atoms with van der Waals surface area (Å²) in [6.07, 6.45) is 1.83. The highest BCUT2D eigenvalue weighted by atomic mass is 32.1. The fourth-order valence-corrected chi connectivity index (χ4v) is 2.74. The van der Waals surface area contributed by atoms with Crippen molar-refractivity contribution in [2.24, 2.45) is 5.73 Å². The summed E-state index contributed by atoms with van der Waals surface area (Å²) >= 11 is 3.39. The summed E-state index contributed by atoms with van der Waals surface area (Å²) in [4.78, 5) is 5.58. The van der Waals surface area contributed by atoms with Crippen LogP contribution in [0.25, 0.3) is 0 Å². The molecule has 2 heterocycles. The van der Waals surface area contributed by atoms with Gasteiger partial charge in [0.25, 0.3) is 0 Å². The Labute approximate surface area is 91.4 Å². The third kappa shape index (κ3) is 2.64. The first-order chi connectivity index (χ1) is 6.84. The van der Waals surface area contributed by atoms with Crippen molar-refractivity contribution < 1.29 is 0 Å². The van der Waals surface area contributed by atoms with Gasteiger partial charge in [0.05, 0.1) is 11.2 Å². The van der Waals surface area contributed by atoms with Crippen LogP contribution in [-0.4, -0.2) is 11.0 Å². The van der Waals surface area contributed by atoms with Crippen LogP contribution in [0, 0.1) is 0 Å². The van der Waals surface area contributed by atoms with E-state index in [1.807, 2.05) is 5.51 Å². The van der Waals surface area contributed by atoms with Crippen LogP contribution in [0.3, 0.4) is 0 Å². The normalized spacial score (nSPS) is 12.9. The lowest BCUT2D eigenvalue weighted by Gasteiger charge is -2.07. The fraction of sp³-hybridized carbons (Fsp3) is 0.300. The van der Waals surface area contributed by atoms with Crippen molar-refractivity contribution in [1.29, 1.82) is 0 Å². The average molecular weight is 224 g/mol. The van der Waals surface area contributed by atoms with Crippen LogP contribution < -0.4 is 5.73 Å². The van der Waals surface area contributed by atoms with Gasteiger partial charge in [-0.15, -0.1) is 22.7 Å². The van der Waals surface area contributed by atoms with Gasteiger partial charge in [-0.3, -0.25) is 0 Å². The molecule has 74 valence electrons. The first kappa shape index (κ1) is 9.83. The zero-order valence-corrected chi connectivity index (χ0v) is 9.35. The smallest absolute Gasteiger partial charge is 0.0794 e. The highest BCUT2D eigenvalue weighted by molar-refractivity contribution is 7.09. The van der Waals surface area contributed by atoms with Crippen molar-refractivity contribution in [3.05, 3.63) is 39.0 Å². The zero-order valence-electron chi connectivity index (χ0n) is 7.72. The first-order valence-corrected chi connectivity index (χ1v) is 6.32. The molecule has 2 nitrogen and oxygen atoms in total. The van der Waals surface area contributed by atoms with E-state index in [0.717, 1.165) is 18.5 Å². The summed E-state index contributed by atoms with van der Waals surface area (Å²) in [6, 6.07) is 4.39. The Morgan fingerprint density at radius 3 is 3.00 bits per heavy atom. The van der Waals surface area contributed by atoms with E-state index in [1.54, 1.807) is 22.7 Å². The van der Waals surface area contributed by atoms with Crippen LogP contribution in [0.4, 0.5) is 0 Å². The monoisotopic (exact) mass is 224 g/mol. The van der Waals surface area contributed by atoms with E-state index in [1.165, 1.54) is 4.88 Å². The molecule has 2 rings (SSSR count). The van der Waals surface area contributed by atoms with Gasteiger partial charge >= 0.3 is 0 Å². The second-order valence-corrected chi connectivity index (χ2v) is 4.98. The van der Waals surface area contributed by atoms with Gasteiger partial charge in [0, 0.05) is 22.7 Å². The number of aromatic nitrogens is 1. The molecule has 0 bridgehead atoms. The Kier molecular flexibility index (Phi) is 3.29. The quantitative estimate of drug-likeness (QED) is 0.865. The molecule has 1 unspecified atom stereocenters. The Morgan fingerprint density at radius 1 is 1.43 bits per heavy atom. The van der Waals surface area contributed by atoms with Crippen LogP contribution in [-0.2, 0) is 12.8 Å². The highest BCUT2D eigenvalue weighted by Gasteiger charge is 2.07. The van der Waals surface area contributed by atoms with Crippen LogP contribution in [0.5, 0.6) is 0 Å². The Morgan fingerprint density at radius 2 is 2.36 bits per heavy atom. The van der Waals surface area contributed by atoms with Crippen LogP contribution in [0.1, 0.15) is 10.6 Å². The van der Waals surface area contributed by atoms with Crippen LogP contribution in [0.2, 0.25) is 0 Å². The van der Waals surface area contributed by atoms with Crippen LogP contribution >= 0.6 is 22.7 Å². The lowest BCUT2D eigenvalue weighted by molar-refractivity contribution is 0.662. The number of rotatable bonds is 4. The molecular weight excluding hydrogens is 212 g/mol. The summed E-state index contributed by atoms with van der Waals surface area (Å²) in [7, 11) is 0. The maximum absolute atomic E-state index is 6.03. The maximum Gasteiger partial charge on any atom is 0.0794 e. The van der Waals surface area contributed by atoms with Gasteiger partial charge in [-0.2, -0.15) is 0 Å². The van der Waals surface area contributed by atoms with Crippen LogP contribution in [0.15, 0.2) is 28.4 Å². The molecule has 0 aliphatic carbocycles. The number of thiophene rings is 1. The zero-order chi connectivity index (χ0) is 9.80. The summed E-state index contributed by atoms with van der Waals surface area (Å²) in [5, 5.41) is 4.15. The lowest BCUT2D eigenvalue weighted by atomic mass is 10.1. The molecule has 1 atom stereocenters. The molecule has 0 fully saturated rings. The predicted molar refractivity (Wildman–Crippen MR) is 61.8 cm³/mol. The molecule has 0 saturated heterocycles. The van der Waals surface area contributed by atoms with E-state index < -0.39 is 0 Å². The minimum atomic E-state index is 0.191. The molecule has 2 N–H and O–H groups in total. The third-order valence-electron chi connectivity index (χ3n) is 2.00. The van der Waals surface area contributed by atoms with Gasteiger partial charge < -0.3 is 5.73 Å². The van der Waals surface area contributed by atoms with E-state index in [0.29, 0.717) is 0 Å². The van der Waals surface area contributed by atoms with Crippen molar-refractivity contribution in [3.63, 3.8) is 0 Å². The molecule has 2 aromatic rings. The van der Waals surface area contributed by atoms with Gasteiger partial charge in [0.2, 0.25) is 0 Å². The molecule has 0 amide bonds. The summed E-state index contributed by atoms with van der Waals surface area (Å²) < 4.78 is 0. The molecule has 0 aliphatic heterocycles. The standard InChI is InChI=1S/C10H12N2S2/c11-8(4-9-6-13-7-12-9)5-10-2-1-3-14-10/h1-3,6-8H,4-5,11H2. The predicted octanol–water partition coefficient (Wildman–Crippen LogP) is 2.32. The SMILES string of the molecule is NC(Cc1cscn1)Cc1cccs1. The summed E-state index contributed by atoms with van der Waals surface area (Å²) in [5.74, 6) is 0. The van der Waals surface area contributed by atoms with E-state index in [2.05, 4.69) is 27.9 Å².